The molecule has 0 aromatic carbocycles. The Labute approximate surface area is 122 Å². The molecule has 1 aliphatic heterocycles. The lowest BCUT2D eigenvalue weighted by Crippen LogP contribution is -2.51. The standard InChI is InChI=1S/C13H18N4O4/c1-3-14-12(18)9-4-5-11(16-15-9)17-6-7-21-8-10(17)13(19)20-2/h4-5,10H,3,6-8H2,1-2H3,(H,14,18). The van der Waals surface area contributed by atoms with Crippen molar-refractivity contribution in [2.24, 2.45) is 0 Å². The Balaban J connectivity index is 2.16. The maximum atomic E-state index is 11.8. The van der Waals surface area contributed by atoms with Gasteiger partial charge in [-0.25, -0.2) is 4.79 Å². The third-order valence-corrected chi connectivity index (χ3v) is 3.12. The second-order valence-electron chi connectivity index (χ2n) is 4.44. The van der Waals surface area contributed by atoms with E-state index in [9.17, 15) is 9.59 Å². The van der Waals surface area contributed by atoms with Crippen molar-refractivity contribution < 1.29 is 19.1 Å². The van der Waals surface area contributed by atoms with E-state index >= 15 is 0 Å². The first-order chi connectivity index (χ1) is 10.2. The van der Waals surface area contributed by atoms with Crippen LogP contribution in [-0.2, 0) is 14.3 Å². The number of esters is 1. The maximum Gasteiger partial charge on any atom is 0.330 e. The lowest BCUT2D eigenvalue weighted by molar-refractivity contribution is -0.144. The van der Waals surface area contributed by atoms with Crippen LogP contribution in [0.3, 0.4) is 0 Å². The predicted octanol–water partition coefficient (Wildman–Crippen LogP) is -0.395. The Hall–Kier alpha value is -2.22. The molecule has 1 fully saturated rings. The van der Waals surface area contributed by atoms with Gasteiger partial charge in [0.2, 0.25) is 0 Å². The van der Waals surface area contributed by atoms with Gasteiger partial charge in [0.15, 0.2) is 17.6 Å². The van der Waals surface area contributed by atoms with Crippen LogP contribution >= 0.6 is 0 Å². The smallest absolute Gasteiger partial charge is 0.330 e. The fourth-order valence-corrected chi connectivity index (χ4v) is 2.06. The first-order valence-corrected chi connectivity index (χ1v) is 6.71. The largest absolute Gasteiger partial charge is 0.467 e. The number of carbonyl (C=O) groups is 2. The summed E-state index contributed by atoms with van der Waals surface area (Å²) in [6, 6.07) is 2.70. The molecule has 8 heteroatoms. The molecule has 1 aromatic rings. The van der Waals surface area contributed by atoms with Gasteiger partial charge in [-0.05, 0) is 19.1 Å². The van der Waals surface area contributed by atoms with Crippen LogP contribution in [0.2, 0.25) is 0 Å². The van der Waals surface area contributed by atoms with Gasteiger partial charge in [-0.3, -0.25) is 4.79 Å². The van der Waals surface area contributed by atoms with Crippen molar-refractivity contribution in [1.29, 1.82) is 0 Å². The van der Waals surface area contributed by atoms with Gasteiger partial charge in [0, 0.05) is 13.1 Å². The molecule has 2 heterocycles. The van der Waals surface area contributed by atoms with Crippen LogP contribution in [0.1, 0.15) is 17.4 Å². The van der Waals surface area contributed by atoms with Crippen molar-refractivity contribution in [3.63, 3.8) is 0 Å². The number of aromatic nitrogens is 2. The quantitative estimate of drug-likeness (QED) is 0.755. The Morgan fingerprint density at radius 1 is 1.48 bits per heavy atom. The summed E-state index contributed by atoms with van der Waals surface area (Å²) >= 11 is 0. The second kappa shape index (κ2) is 6.98. The highest BCUT2D eigenvalue weighted by Gasteiger charge is 2.31. The van der Waals surface area contributed by atoms with Gasteiger partial charge in [-0.15, -0.1) is 10.2 Å². The molecule has 1 saturated heterocycles. The van der Waals surface area contributed by atoms with Gasteiger partial charge in [0.1, 0.15) is 0 Å². The highest BCUT2D eigenvalue weighted by molar-refractivity contribution is 5.92. The Bertz CT molecular complexity index is 505. The topological polar surface area (TPSA) is 93.7 Å². The van der Waals surface area contributed by atoms with Gasteiger partial charge < -0.3 is 19.7 Å². The number of rotatable bonds is 4. The van der Waals surface area contributed by atoms with Crippen LogP contribution in [0.5, 0.6) is 0 Å². The van der Waals surface area contributed by atoms with Crippen molar-refractivity contribution in [1.82, 2.24) is 15.5 Å². The zero-order valence-electron chi connectivity index (χ0n) is 12.0. The second-order valence-corrected chi connectivity index (χ2v) is 4.44. The molecule has 21 heavy (non-hydrogen) atoms. The van der Waals surface area contributed by atoms with Crippen molar-refractivity contribution >= 4 is 17.7 Å². The highest BCUT2D eigenvalue weighted by atomic mass is 16.5. The van der Waals surface area contributed by atoms with Crippen LogP contribution in [0.25, 0.3) is 0 Å². The Morgan fingerprint density at radius 2 is 2.29 bits per heavy atom. The van der Waals surface area contributed by atoms with Crippen molar-refractivity contribution in [3.8, 4) is 0 Å². The number of hydrogen-bond donors (Lipinski definition) is 1. The van der Waals surface area contributed by atoms with E-state index in [2.05, 4.69) is 15.5 Å². The van der Waals surface area contributed by atoms with Crippen LogP contribution in [0.4, 0.5) is 5.82 Å². The van der Waals surface area contributed by atoms with E-state index in [1.165, 1.54) is 7.11 Å². The summed E-state index contributed by atoms with van der Waals surface area (Å²) in [4.78, 5) is 25.2. The van der Waals surface area contributed by atoms with Gasteiger partial charge in [-0.2, -0.15) is 0 Å². The third-order valence-electron chi connectivity index (χ3n) is 3.12. The predicted molar refractivity (Wildman–Crippen MR) is 74.0 cm³/mol. The van der Waals surface area contributed by atoms with E-state index < -0.39 is 6.04 Å². The van der Waals surface area contributed by atoms with Crippen LogP contribution in [0, 0.1) is 0 Å². The molecule has 0 saturated carbocycles. The number of methoxy groups -OCH3 is 1. The molecule has 8 nitrogen and oxygen atoms in total. The lowest BCUT2D eigenvalue weighted by atomic mass is 10.2. The average Bonchev–Trinajstić information content (AvgIpc) is 2.54. The summed E-state index contributed by atoms with van der Waals surface area (Å²) in [7, 11) is 1.33. The van der Waals surface area contributed by atoms with Gasteiger partial charge in [-0.1, -0.05) is 0 Å². The Morgan fingerprint density at radius 3 is 2.90 bits per heavy atom. The number of nitrogens with one attached hydrogen (secondary N) is 1. The lowest BCUT2D eigenvalue weighted by Gasteiger charge is -2.34. The van der Waals surface area contributed by atoms with Crippen molar-refractivity contribution in [2.75, 3.05) is 38.3 Å². The van der Waals surface area contributed by atoms with Gasteiger partial charge >= 0.3 is 5.97 Å². The fraction of sp³-hybridized carbons (Fsp3) is 0.538. The van der Waals surface area contributed by atoms with E-state index in [0.29, 0.717) is 25.5 Å². The number of amides is 1. The Kier molecular flexibility index (Phi) is 5.04. The number of ether oxygens (including phenoxy) is 2. The summed E-state index contributed by atoms with van der Waals surface area (Å²) in [5.74, 6) is -0.144. The molecule has 2 rings (SSSR count). The summed E-state index contributed by atoms with van der Waals surface area (Å²) in [5.41, 5.74) is 0.239. The molecule has 1 unspecified atom stereocenters. The number of morpholine rings is 1. The minimum absolute atomic E-state index is 0.239. The summed E-state index contributed by atoms with van der Waals surface area (Å²) in [6.07, 6.45) is 0. The van der Waals surface area contributed by atoms with E-state index in [4.69, 9.17) is 9.47 Å². The number of anilines is 1. The van der Waals surface area contributed by atoms with Gasteiger partial charge in [0.25, 0.3) is 5.91 Å². The molecule has 0 spiro atoms. The first-order valence-electron chi connectivity index (χ1n) is 6.71. The van der Waals surface area contributed by atoms with Crippen LogP contribution in [-0.4, -0.2) is 61.5 Å². The summed E-state index contributed by atoms with van der Waals surface area (Å²) < 4.78 is 10.1. The summed E-state index contributed by atoms with van der Waals surface area (Å²) in [5, 5.41) is 10.6. The summed E-state index contributed by atoms with van der Waals surface area (Å²) in [6.45, 7) is 3.60. The van der Waals surface area contributed by atoms with Gasteiger partial charge in [0.05, 0.1) is 20.3 Å². The van der Waals surface area contributed by atoms with E-state index in [1.54, 1.807) is 17.0 Å². The first kappa shape index (κ1) is 15.2. The molecule has 1 aliphatic rings. The maximum absolute atomic E-state index is 11.8. The van der Waals surface area contributed by atoms with Crippen LogP contribution < -0.4 is 10.2 Å². The third kappa shape index (κ3) is 3.46. The van der Waals surface area contributed by atoms with Crippen molar-refractivity contribution in [2.45, 2.75) is 13.0 Å². The minimum Gasteiger partial charge on any atom is -0.467 e. The zero-order chi connectivity index (χ0) is 15.2. The zero-order valence-corrected chi connectivity index (χ0v) is 12.0. The van der Waals surface area contributed by atoms with E-state index in [-0.39, 0.29) is 24.2 Å². The molecule has 1 aromatic heterocycles. The normalized spacial score (nSPS) is 18.2. The molecule has 0 aliphatic carbocycles. The highest BCUT2D eigenvalue weighted by Crippen LogP contribution is 2.17. The average molecular weight is 294 g/mol. The molecular weight excluding hydrogens is 276 g/mol. The van der Waals surface area contributed by atoms with Crippen molar-refractivity contribution in [3.05, 3.63) is 17.8 Å². The molecule has 0 radical (unpaired) electrons. The molecule has 1 amide bonds. The number of carbonyl (C=O) groups excluding carboxylic acids is 2. The monoisotopic (exact) mass is 294 g/mol. The molecule has 0 bridgehead atoms. The van der Waals surface area contributed by atoms with Crippen LogP contribution in [0.15, 0.2) is 12.1 Å². The molecule has 114 valence electrons. The molecule has 1 atom stereocenters. The van der Waals surface area contributed by atoms with E-state index in [0.717, 1.165) is 0 Å². The molecular formula is C13H18N4O4. The molecule has 1 N–H and O–H groups in total. The van der Waals surface area contributed by atoms with E-state index in [1.807, 2.05) is 6.92 Å². The SMILES string of the molecule is CCNC(=O)c1ccc(N2CCOCC2C(=O)OC)nn1. The number of nitrogens with zero attached hydrogens (tertiary/aromatic N) is 3. The fourth-order valence-electron chi connectivity index (χ4n) is 2.06. The minimum atomic E-state index is -0.548. The number of hydrogen-bond acceptors (Lipinski definition) is 7.